The van der Waals surface area contributed by atoms with Crippen molar-refractivity contribution < 1.29 is 14.6 Å². The number of rotatable bonds is 2. The van der Waals surface area contributed by atoms with Crippen LogP contribution in [0.1, 0.15) is 16.1 Å². The van der Waals surface area contributed by atoms with E-state index in [1.807, 2.05) is 0 Å². The fraction of sp³-hybridized carbons (Fsp3) is 0.667. The van der Waals surface area contributed by atoms with Gasteiger partial charge in [0, 0.05) is 26.2 Å². The first-order valence-corrected chi connectivity index (χ1v) is 7.53. The van der Waals surface area contributed by atoms with E-state index in [-0.39, 0.29) is 11.7 Å². The summed E-state index contributed by atoms with van der Waals surface area (Å²) in [5, 5.41) is 10.3. The highest BCUT2D eigenvalue weighted by molar-refractivity contribution is 7.18. The van der Waals surface area contributed by atoms with Gasteiger partial charge in [-0.05, 0) is 6.42 Å². The largest absolute Gasteiger partial charge is 0.391 e. The Labute approximate surface area is 120 Å². The molecule has 2 aliphatic heterocycles. The zero-order chi connectivity index (χ0) is 14.1. The molecule has 20 heavy (non-hydrogen) atoms. The molecular weight excluding hydrogens is 280 g/mol. The van der Waals surface area contributed by atoms with Crippen LogP contribution in [0.3, 0.4) is 0 Å². The summed E-state index contributed by atoms with van der Waals surface area (Å²) in [5.74, 6) is 0.152. The third-order valence-electron chi connectivity index (χ3n) is 3.57. The fourth-order valence-electron chi connectivity index (χ4n) is 2.43. The number of hydrogen-bond acceptors (Lipinski definition) is 7. The molecule has 3 N–H and O–H groups in total. The van der Waals surface area contributed by atoms with Gasteiger partial charge >= 0.3 is 0 Å². The maximum atomic E-state index is 12.4. The molecule has 1 unspecified atom stereocenters. The van der Waals surface area contributed by atoms with E-state index in [9.17, 15) is 9.90 Å². The number of hydrogen-bond donors (Lipinski definition) is 2. The molecule has 0 spiro atoms. The number of nitrogens with two attached hydrogens (primary N) is 1. The van der Waals surface area contributed by atoms with E-state index in [2.05, 4.69) is 9.88 Å². The van der Waals surface area contributed by atoms with E-state index in [0.717, 1.165) is 18.2 Å². The first-order chi connectivity index (χ1) is 9.65. The maximum absolute atomic E-state index is 12.4. The SMILES string of the molecule is Nc1nc(N2CCOCC2)sc1C(=O)N1CCC(O)C1. The molecule has 1 aromatic rings. The van der Waals surface area contributed by atoms with Gasteiger partial charge in [0.2, 0.25) is 0 Å². The number of β-amino-alcohol motifs (C(OH)–C–C–N with tert-alkyl or cyclic N) is 1. The van der Waals surface area contributed by atoms with Crippen molar-refractivity contribution in [1.29, 1.82) is 0 Å². The normalized spacial score (nSPS) is 23.4. The lowest BCUT2D eigenvalue weighted by Crippen LogP contribution is -2.36. The molecule has 0 bridgehead atoms. The van der Waals surface area contributed by atoms with Gasteiger partial charge < -0.3 is 25.4 Å². The van der Waals surface area contributed by atoms with Crippen molar-refractivity contribution in [3.8, 4) is 0 Å². The molecule has 0 aliphatic carbocycles. The maximum Gasteiger partial charge on any atom is 0.267 e. The Morgan fingerprint density at radius 3 is 2.80 bits per heavy atom. The Hall–Kier alpha value is -1.38. The number of aliphatic hydroxyl groups excluding tert-OH is 1. The number of carbonyl (C=O) groups excluding carboxylic acids is 1. The predicted octanol–water partition coefficient (Wildman–Crippen LogP) is -0.231. The van der Waals surface area contributed by atoms with E-state index in [1.54, 1.807) is 4.90 Å². The second-order valence-corrected chi connectivity index (χ2v) is 5.98. The van der Waals surface area contributed by atoms with Crippen LogP contribution in [0.4, 0.5) is 10.9 Å². The summed E-state index contributed by atoms with van der Waals surface area (Å²) >= 11 is 1.32. The van der Waals surface area contributed by atoms with Crippen molar-refractivity contribution in [2.24, 2.45) is 0 Å². The molecule has 0 radical (unpaired) electrons. The first-order valence-electron chi connectivity index (χ1n) is 6.71. The number of ether oxygens (including phenoxy) is 1. The van der Waals surface area contributed by atoms with Gasteiger partial charge in [-0.15, -0.1) is 0 Å². The minimum Gasteiger partial charge on any atom is -0.391 e. The Morgan fingerprint density at radius 1 is 1.40 bits per heavy atom. The summed E-state index contributed by atoms with van der Waals surface area (Å²) in [6, 6.07) is 0. The summed E-state index contributed by atoms with van der Waals surface area (Å²) in [5.41, 5.74) is 5.88. The number of nitrogen functional groups attached to an aromatic ring is 1. The Kier molecular flexibility index (Phi) is 3.77. The summed E-state index contributed by atoms with van der Waals surface area (Å²) in [6.07, 6.45) is 0.202. The Balaban J connectivity index is 1.76. The highest BCUT2D eigenvalue weighted by Crippen LogP contribution is 2.30. The second-order valence-electron chi connectivity index (χ2n) is 5.00. The molecule has 1 atom stereocenters. The molecule has 3 heterocycles. The lowest BCUT2D eigenvalue weighted by Gasteiger charge is -2.25. The van der Waals surface area contributed by atoms with Crippen molar-refractivity contribution in [2.45, 2.75) is 12.5 Å². The Morgan fingerprint density at radius 2 is 2.15 bits per heavy atom. The van der Waals surface area contributed by atoms with E-state index >= 15 is 0 Å². The topological polar surface area (TPSA) is 91.9 Å². The Bertz CT molecular complexity index is 501. The molecule has 2 aliphatic rings. The molecular formula is C12H18N4O3S. The number of aliphatic hydroxyl groups is 1. The third kappa shape index (κ3) is 2.58. The fourth-order valence-corrected chi connectivity index (χ4v) is 3.44. The van der Waals surface area contributed by atoms with Crippen LogP contribution < -0.4 is 10.6 Å². The average molecular weight is 298 g/mol. The molecule has 7 nitrogen and oxygen atoms in total. The van der Waals surface area contributed by atoms with Gasteiger partial charge in [-0.3, -0.25) is 4.79 Å². The molecule has 1 aromatic heterocycles. The van der Waals surface area contributed by atoms with Crippen LogP contribution in [-0.4, -0.2) is 66.4 Å². The number of anilines is 2. The van der Waals surface area contributed by atoms with Crippen LogP contribution in [0.5, 0.6) is 0 Å². The summed E-state index contributed by atoms with van der Waals surface area (Å²) < 4.78 is 5.30. The lowest BCUT2D eigenvalue weighted by atomic mass is 10.3. The molecule has 2 saturated heterocycles. The molecule has 8 heteroatoms. The molecule has 0 saturated carbocycles. The van der Waals surface area contributed by atoms with Crippen LogP contribution in [0.15, 0.2) is 0 Å². The van der Waals surface area contributed by atoms with E-state index in [0.29, 0.717) is 37.6 Å². The van der Waals surface area contributed by atoms with Crippen LogP contribution in [0, 0.1) is 0 Å². The van der Waals surface area contributed by atoms with E-state index < -0.39 is 6.10 Å². The van der Waals surface area contributed by atoms with Gasteiger partial charge in [-0.2, -0.15) is 0 Å². The molecule has 110 valence electrons. The summed E-state index contributed by atoms with van der Waals surface area (Å²) in [6.45, 7) is 3.82. The molecule has 3 rings (SSSR count). The van der Waals surface area contributed by atoms with Crippen molar-refractivity contribution in [3.05, 3.63) is 4.88 Å². The number of aromatic nitrogens is 1. The van der Waals surface area contributed by atoms with Crippen molar-refractivity contribution in [1.82, 2.24) is 9.88 Å². The molecule has 2 fully saturated rings. The lowest BCUT2D eigenvalue weighted by molar-refractivity contribution is 0.0770. The standard InChI is InChI=1S/C12H18N4O3S/c13-10-9(11(18)16-2-1-8(17)7-16)20-12(14-10)15-3-5-19-6-4-15/h8,17H,1-7,13H2. The number of likely N-dealkylation sites (tertiary alicyclic amines) is 1. The van der Waals surface area contributed by atoms with Gasteiger partial charge in [0.1, 0.15) is 10.7 Å². The monoisotopic (exact) mass is 298 g/mol. The van der Waals surface area contributed by atoms with Gasteiger partial charge in [-0.1, -0.05) is 11.3 Å². The van der Waals surface area contributed by atoms with Crippen LogP contribution >= 0.6 is 11.3 Å². The zero-order valence-electron chi connectivity index (χ0n) is 11.1. The van der Waals surface area contributed by atoms with Crippen LogP contribution in [0.25, 0.3) is 0 Å². The van der Waals surface area contributed by atoms with E-state index in [4.69, 9.17) is 10.5 Å². The second kappa shape index (κ2) is 5.55. The molecule has 0 aromatic carbocycles. The van der Waals surface area contributed by atoms with Crippen LogP contribution in [0.2, 0.25) is 0 Å². The third-order valence-corrected chi connectivity index (χ3v) is 4.69. The summed E-state index contributed by atoms with van der Waals surface area (Å²) in [4.78, 5) is 20.9. The van der Waals surface area contributed by atoms with Crippen molar-refractivity contribution >= 4 is 28.2 Å². The summed E-state index contributed by atoms with van der Waals surface area (Å²) in [7, 11) is 0. The van der Waals surface area contributed by atoms with Gasteiger partial charge in [-0.25, -0.2) is 4.98 Å². The van der Waals surface area contributed by atoms with Gasteiger partial charge in [0.05, 0.1) is 19.3 Å². The number of amides is 1. The van der Waals surface area contributed by atoms with Gasteiger partial charge in [0.15, 0.2) is 5.13 Å². The van der Waals surface area contributed by atoms with Crippen molar-refractivity contribution in [2.75, 3.05) is 50.0 Å². The predicted molar refractivity (Wildman–Crippen MR) is 76.1 cm³/mol. The highest BCUT2D eigenvalue weighted by Gasteiger charge is 2.29. The number of carbonyl (C=O) groups is 1. The highest BCUT2D eigenvalue weighted by atomic mass is 32.1. The van der Waals surface area contributed by atoms with E-state index in [1.165, 1.54) is 11.3 Å². The average Bonchev–Trinajstić information content (AvgIpc) is 3.05. The number of nitrogens with zero attached hydrogens (tertiary/aromatic N) is 3. The van der Waals surface area contributed by atoms with Crippen molar-refractivity contribution in [3.63, 3.8) is 0 Å². The number of thiazole rings is 1. The molecule has 1 amide bonds. The smallest absolute Gasteiger partial charge is 0.267 e. The van der Waals surface area contributed by atoms with Crippen LogP contribution in [-0.2, 0) is 4.74 Å². The van der Waals surface area contributed by atoms with Gasteiger partial charge in [0.25, 0.3) is 5.91 Å². The first kappa shape index (κ1) is 13.6. The number of morpholine rings is 1. The zero-order valence-corrected chi connectivity index (χ0v) is 11.9. The minimum atomic E-state index is -0.424. The quantitative estimate of drug-likeness (QED) is 0.783. The minimum absolute atomic E-state index is 0.129.